The normalized spacial score (nSPS) is 10.4. The van der Waals surface area contributed by atoms with Crippen molar-refractivity contribution in [3.63, 3.8) is 0 Å². The highest BCUT2D eigenvalue weighted by Crippen LogP contribution is 2.34. The van der Waals surface area contributed by atoms with Gasteiger partial charge in [0.15, 0.2) is 11.5 Å². The summed E-state index contributed by atoms with van der Waals surface area (Å²) in [5, 5.41) is 27.9. The number of phenolic OH excluding ortho intramolecular Hbond substituents is 1. The predicted molar refractivity (Wildman–Crippen MR) is 60.1 cm³/mol. The van der Waals surface area contributed by atoms with Crippen LogP contribution in [0.5, 0.6) is 11.5 Å². The van der Waals surface area contributed by atoms with E-state index in [1.807, 2.05) is 6.92 Å². The molecule has 1 aromatic carbocycles. The van der Waals surface area contributed by atoms with Gasteiger partial charge in [-0.05, 0) is 37.0 Å². The quantitative estimate of drug-likeness (QED) is 0.686. The van der Waals surface area contributed by atoms with E-state index in [9.17, 15) is 15.0 Å². The SMILES string of the molecule is CCCCc1cc(O)c(O)c(C(=O)O)c1C. The smallest absolute Gasteiger partial charge is 0.339 e. The van der Waals surface area contributed by atoms with Gasteiger partial charge < -0.3 is 15.3 Å². The summed E-state index contributed by atoms with van der Waals surface area (Å²) in [5.41, 5.74) is 1.09. The van der Waals surface area contributed by atoms with Crippen molar-refractivity contribution in [1.29, 1.82) is 0 Å². The summed E-state index contributed by atoms with van der Waals surface area (Å²) in [7, 11) is 0. The van der Waals surface area contributed by atoms with Crippen molar-refractivity contribution < 1.29 is 20.1 Å². The summed E-state index contributed by atoms with van der Waals surface area (Å²) in [6, 6.07) is 1.44. The van der Waals surface area contributed by atoms with Crippen LogP contribution in [0.25, 0.3) is 0 Å². The lowest BCUT2D eigenvalue weighted by molar-refractivity contribution is 0.0692. The lowest BCUT2D eigenvalue weighted by atomic mass is 9.97. The maximum Gasteiger partial charge on any atom is 0.339 e. The molecule has 88 valence electrons. The molecule has 1 rings (SSSR count). The molecule has 0 aliphatic rings. The molecule has 0 heterocycles. The molecule has 1 aromatic rings. The highest BCUT2D eigenvalue weighted by molar-refractivity contribution is 5.94. The van der Waals surface area contributed by atoms with Crippen LogP contribution in [0.4, 0.5) is 0 Å². The molecule has 16 heavy (non-hydrogen) atoms. The Morgan fingerprint density at radius 3 is 2.50 bits per heavy atom. The van der Waals surface area contributed by atoms with Crippen LogP contribution in [0, 0.1) is 6.92 Å². The maximum atomic E-state index is 10.9. The Balaban J connectivity index is 3.27. The van der Waals surface area contributed by atoms with E-state index >= 15 is 0 Å². The van der Waals surface area contributed by atoms with Gasteiger partial charge in [0.1, 0.15) is 5.56 Å². The predicted octanol–water partition coefficient (Wildman–Crippen LogP) is 2.45. The third-order valence-corrected chi connectivity index (χ3v) is 2.66. The second kappa shape index (κ2) is 4.88. The largest absolute Gasteiger partial charge is 0.504 e. The van der Waals surface area contributed by atoms with E-state index in [0.29, 0.717) is 12.0 Å². The van der Waals surface area contributed by atoms with Crippen LogP contribution < -0.4 is 0 Å². The molecule has 0 spiro atoms. The number of carboxylic acids is 1. The molecule has 3 N–H and O–H groups in total. The Morgan fingerprint density at radius 1 is 1.38 bits per heavy atom. The molecular formula is C12H16O4. The monoisotopic (exact) mass is 224 g/mol. The fourth-order valence-electron chi connectivity index (χ4n) is 1.70. The summed E-state index contributed by atoms with van der Waals surface area (Å²) in [4.78, 5) is 10.9. The molecule has 0 aliphatic heterocycles. The number of hydrogen-bond acceptors (Lipinski definition) is 3. The van der Waals surface area contributed by atoms with Crippen LogP contribution in [0.15, 0.2) is 6.07 Å². The number of carbonyl (C=O) groups is 1. The molecule has 0 atom stereocenters. The van der Waals surface area contributed by atoms with Gasteiger partial charge in [0.25, 0.3) is 0 Å². The zero-order valence-electron chi connectivity index (χ0n) is 9.45. The summed E-state index contributed by atoms with van der Waals surface area (Å²) >= 11 is 0. The van der Waals surface area contributed by atoms with Crippen LogP contribution >= 0.6 is 0 Å². The summed E-state index contributed by atoms with van der Waals surface area (Å²) in [6.07, 6.45) is 2.62. The molecule has 0 amide bonds. The lowest BCUT2D eigenvalue weighted by Gasteiger charge is -2.11. The Hall–Kier alpha value is -1.71. The Morgan fingerprint density at radius 2 is 2.00 bits per heavy atom. The summed E-state index contributed by atoms with van der Waals surface area (Å²) in [5.74, 6) is -2.14. The van der Waals surface area contributed by atoms with E-state index in [1.54, 1.807) is 6.92 Å². The van der Waals surface area contributed by atoms with Crippen LogP contribution in [-0.4, -0.2) is 21.3 Å². The van der Waals surface area contributed by atoms with Gasteiger partial charge in [-0.25, -0.2) is 4.79 Å². The molecule has 4 heteroatoms. The van der Waals surface area contributed by atoms with Gasteiger partial charge in [0, 0.05) is 0 Å². The van der Waals surface area contributed by atoms with E-state index in [-0.39, 0.29) is 11.3 Å². The molecule has 0 saturated carbocycles. The molecule has 0 bridgehead atoms. The first-order valence-corrected chi connectivity index (χ1v) is 5.26. The fraction of sp³-hybridized carbons (Fsp3) is 0.417. The van der Waals surface area contributed by atoms with Gasteiger partial charge in [0.2, 0.25) is 0 Å². The number of aromatic hydroxyl groups is 2. The number of phenols is 2. The average molecular weight is 224 g/mol. The van der Waals surface area contributed by atoms with Gasteiger partial charge in [-0.3, -0.25) is 0 Å². The lowest BCUT2D eigenvalue weighted by Crippen LogP contribution is -2.04. The van der Waals surface area contributed by atoms with E-state index in [0.717, 1.165) is 18.4 Å². The molecule has 0 aliphatic carbocycles. The van der Waals surface area contributed by atoms with Crippen molar-refractivity contribution in [2.75, 3.05) is 0 Å². The Bertz CT molecular complexity index is 410. The molecule has 0 fully saturated rings. The number of rotatable bonds is 4. The van der Waals surface area contributed by atoms with E-state index < -0.39 is 11.7 Å². The average Bonchev–Trinajstić information content (AvgIpc) is 2.21. The second-order valence-electron chi connectivity index (χ2n) is 3.81. The van der Waals surface area contributed by atoms with Gasteiger partial charge >= 0.3 is 5.97 Å². The number of hydrogen-bond donors (Lipinski definition) is 3. The fourth-order valence-corrected chi connectivity index (χ4v) is 1.70. The zero-order valence-corrected chi connectivity index (χ0v) is 9.45. The number of benzene rings is 1. The van der Waals surface area contributed by atoms with Crippen molar-refractivity contribution in [3.05, 3.63) is 22.8 Å². The Kier molecular flexibility index (Phi) is 3.77. The van der Waals surface area contributed by atoms with E-state index in [1.165, 1.54) is 6.07 Å². The number of carboxylic acid groups (broad SMARTS) is 1. The second-order valence-corrected chi connectivity index (χ2v) is 3.81. The molecule has 4 nitrogen and oxygen atoms in total. The minimum Gasteiger partial charge on any atom is -0.504 e. The molecule has 0 aromatic heterocycles. The van der Waals surface area contributed by atoms with Crippen LogP contribution in [0.3, 0.4) is 0 Å². The first kappa shape index (κ1) is 12.4. The van der Waals surface area contributed by atoms with Gasteiger partial charge in [-0.15, -0.1) is 0 Å². The standard InChI is InChI=1S/C12H16O4/c1-3-4-5-8-6-9(13)11(14)10(7(8)2)12(15)16/h6,13-14H,3-5H2,1-2H3,(H,15,16). The van der Waals surface area contributed by atoms with Crippen LogP contribution in [0.2, 0.25) is 0 Å². The van der Waals surface area contributed by atoms with Crippen molar-refractivity contribution >= 4 is 5.97 Å². The highest BCUT2D eigenvalue weighted by atomic mass is 16.4. The van der Waals surface area contributed by atoms with E-state index in [2.05, 4.69) is 0 Å². The molecule has 0 unspecified atom stereocenters. The third kappa shape index (κ3) is 2.27. The maximum absolute atomic E-state index is 10.9. The number of unbranched alkanes of at least 4 members (excludes halogenated alkanes) is 1. The van der Waals surface area contributed by atoms with Crippen molar-refractivity contribution in [1.82, 2.24) is 0 Å². The van der Waals surface area contributed by atoms with Gasteiger partial charge in [0.05, 0.1) is 0 Å². The van der Waals surface area contributed by atoms with Gasteiger partial charge in [-0.1, -0.05) is 13.3 Å². The number of aromatic carboxylic acids is 1. The van der Waals surface area contributed by atoms with Crippen LogP contribution in [-0.2, 0) is 6.42 Å². The van der Waals surface area contributed by atoms with Gasteiger partial charge in [-0.2, -0.15) is 0 Å². The topological polar surface area (TPSA) is 77.8 Å². The zero-order chi connectivity index (χ0) is 12.3. The summed E-state index contributed by atoms with van der Waals surface area (Å²) < 4.78 is 0. The molecule has 0 saturated heterocycles. The first-order valence-electron chi connectivity index (χ1n) is 5.26. The first-order chi connectivity index (χ1) is 7.49. The summed E-state index contributed by atoms with van der Waals surface area (Å²) in [6.45, 7) is 3.68. The Labute approximate surface area is 94.2 Å². The van der Waals surface area contributed by atoms with Crippen molar-refractivity contribution in [2.45, 2.75) is 33.1 Å². The minimum atomic E-state index is -1.22. The van der Waals surface area contributed by atoms with Crippen molar-refractivity contribution in [3.8, 4) is 11.5 Å². The minimum absolute atomic E-state index is 0.203. The highest BCUT2D eigenvalue weighted by Gasteiger charge is 2.19. The molecule has 0 radical (unpaired) electrons. The third-order valence-electron chi connectivity index (χ3n) is 2.66. The number of aryl methyl sites for hydroxylation is 1. The van der Waals surface area contributed by atoms with E-state index in [4.69, 9.17) is 5.11 Å². The van der Waals surface area contributed by atoms with Crippen molar-refractivity contribution in [2.24, 2.45) is 0 Å². The van der Waals surface area contributed by atoms with Crippen LogP contribution in [0.1, 0.15) is 41.3 Å². The molecular weight excluding hydrogens is 208 g/mol.